The Morgan fingerprint density at radius 2 is 2.47 bits per heavy atom. The van der Waals surface area contributed by atoms with Crippen LogP contribution in [0.2, 0.25) is 0 Å². The van der Waals surface area contributed by atoms with Crippen molar-refractivity contribution in [1.29, 1.82) is 0 Å². The van der Waals surface area contributed by atoms with Crippen molar-refractivity contribution in [2.75, 3.05) is 0 Å². The van der Waals surface area contributed by atoms with E-state index < -0.39 is 5.97 Å². The van der Waals surface area contributed by atoms with Crippen LogP contribution in [0.5, 0.6) is 0 Å². The smallest absolute Gasteiger partial charge is 0.303 e. The fraction of sp³-hybridized carbons (Fsp3) is 0.700. The molecule has 5 heteroatoms. The summed E-state index contributed by atoms with van der Waals surface area (Å²) in [4.78, 5) is 14.8. The van der Waals surface area contributed by atoms with Crippen LogP contribution in [0.25, 0.3) is 0 Å². The Labute approximate surface area is 88.1 Å². The molecular weight excluding hydrogens is 194 g/mol. The van der Waals surface area contributed by atoms with Crippen LogP contribution >= 0.6 is 0 Å². The second-order valence-corrected chi connectivity index (χ2v) is 4.02. The zero-order valence-corrected chi connectivity index (χ0v) is 8.81. The van der Waals surface area contributed by atoms with Crippen molar-refractivity contribution in [3.63, 3.8) is 0 Å². The summed E-state index contributed by atoms with van der Waals surface area (Å²) in [6.45, 7) is 2.12. The van der Waals surface area contributed by atoms with Crippen molar-refractivity contribution < 1.29 is 9.90 Å². The highest BCUT2D eigenvalue weighted by molar-refractivity contribution is 5.66. The molecule has 0 aromatic carbocycles. The van der Waals surface area contributed by atoms with E-state index in [1.54, 1.807) is 0 Å². The van der Waals surface area contributed by atoms with Crippen LogP contribution in [0.3, 0.4) is 0 Å². The van der Waals surface area contributed by atoms with Gasteiger partial charge in [0.15, 0.2) is 5.82 Å². The quantitative estimate of drug-likeness (QED) is 0.812. The van der Waals surface area contributed by atoms with Gasteiger partial charge >= 0.3 is 5.97 Å². The number of carboxylic acid groups (broad SMARTS) is 1. The molecule has 0 bridgehead atoms. The second-order valence-electron chi connectivity index (χ2n) is 4.02. The summed E-state index contributed by atoms with van der Waals surface area (Å²) in [6, 6.07) is 0.403. The van der Waals surface area contributed by atoms with Gasteiger partial charge in [-0.3, -0.25) is 4.79 Å². The Balaban J connectivity index is 2.11. The van der Waals surface area contributed by atoms with E-state index in [1.165, 1.54) is 0 Å². The molecule has 1 aliphatic rings. The maximum absolute atomic E-state index is 10.4. The van der Waals surface area contributed by atoms with Crippen LogP contribution in [0, 0.1) is 0 Å². The van der Waals surface area contributed by atoms with E-state index in [1.807, 2.05) is 4.68 Å². The van der Waals surface area contributed by atoms with Gasteiger partial charge in [-0.15, -0.1) is 0 Å². The third-order valence-corrected chi connectivity index (χ3v) is 2.75. The van der Waals surface area contributed by atoms with Crippen molar-refractivity contribution >= 4 is 5.97 Å². The second kappa shape index (κ2) is 4.00. The van der Waals surface area contributed by atoms with Crippen LogP contribution in [0.4, 0.5) is 0 Å². The number of aryl methyl sites for hydroxylation is 2. The van der Waals surface area contributed by atoms with Crippen LogP contribution in [-0.4, -0.2) is 25.8 Å². The minimum atomic E-state index is -0.796. The summed E-state index contributed by atoms with van der Waals surface area (Å²) in [7, 11) is 0. The fourth-order valence-corrected chi connectivity index (χ4v) is 1.93. The average molecular weight is 209 g/mol. The first-order valence-electron chi connectivity index (χ1n) is 5.33. The fourth-order valence-electron chi connectivity index (χ4n) is 1.93. The van der Waals surface area contributed by atoms with Gasteiger partial charge in [-0.05, 0) is 19.8 Å². The maximum atomic E-state index is 10.4. The van der Waals surface area contributed by atoms with Crippen molar-refractivity contribution in [2.24, 2.45) is 0 Å². The zero-order chi connectivity index (χ0) is 10.8. The van der Waals surface area contributed by atoms with E-state index in [9.17, 15) is 4.79 Å². The highest BCUT2D eigenvalue weighted by Gasteiger charge is 2.19. The molecule has 0 amide bonds. The molecular formula is C10H15N3O2. The number of fused-ring (bicyclic) bond motifs is 1. The van der Waals surface area contributed by atoms with Gasteiger partial charge in [0.1, 0.15) is 5.82 Å². The number of aromatic nitrogens is 3. The number of hydrogen-bond acceptors (Lipinski definition) is 3. The predicted octanol–water partition coefficient (Wildman–Crippen LogP) is 1.19. The first-order chi connectivity index (χ1) is 7.16. The molecule has 1 atom stereocenters. The average Bonchev–Trinajstić information content (AvgIpc) is 2.59. The lowest BCUT2D eigenvalue weighted by molar-refractivity contribution is -0.137. The topological polar surface area (TPSA) is 68.0 Å². The lowest BCUT2D eigenvalue weighted by atomic mass is 10.1. The third-order valence-electron chi connectivity index (χ3n) is 2.75. The molecule has 1 aromatic rings. The number of aliphatic carboxylic acids is 1. The SMILES string of the molecule is CC1CCCc2nc(CCC(=O)O)nn21. The molecule has 82 valence electrons. The summed E-state index contributed by atoms with van der Waals surface area (Å²) < 4.78 is 1.95. The van der Waals surface area contributed by atoms with E-state index in [4.69, 9.17) is 5.11 Å². The van der Waals surface area contributed by atoms with E-state index in [0.717, 1.165) is 25.1 Å². The van der Waals surface area contributed by atoms with Gasteiger partial charge in [-0.1, -0.05) is 0 Å². The third kappa shape index (κ3) is 2.16. The van der Waals surface area contributed by atoms with E-state index >= 15 is 0 Å². The molecule has 2 rings (SSSR count). The van der Waals surface area contributed by atoms with E-state index in [-0.39, 0.29) is 6.42 Å². The molecule has 1 aliphatic heterocycles. The van der Waals surface area contributed by atoms with Crippen molar-refractivity contribution in [1.82, 2.24) is 14.8 Å². The van der Waals surface area contributed by atoms with E-state index in [2.05, 4.69) is 17.0 Å². The number of carbonyl (C=O) groups is 1. The summed E-state index contributed by atoms with van der Waals surface area (Å²) in [5, 5.41) is 12.9. The summed E-state index contributed by atoms with van der Waals surface area (Å²) >= 11 is 0. The molecule has 0 spiro atoms. The molecule has 0 saturated heterocycles. The van der Waals surface area contributed by atoms with Crippen LogP contribution in [-0.2, 0) is 17.6 Å². The Bertz CT molecular complexity index is 373. The number of rotatable bonds is 3. The monoisotopic (exact) mass is 209 g/mol. The Morgan fingerprint density at radius 1 is 1.67 bits per heavy atom. The van der Waals surface area contributed by atoms with Gasteiger partial charge in [0.25, 0.3) is 0 Å². The van der Waals surface area contributed by atoms with Crippen molar-refractivity contribution in [3.8, 4) is 0 Å². The Kier molecular flexibility index (Phi) is 2.70. The van der Waals surface area contributed by atoms with Gasteiger partial charge in [0.2, 0.25) is 0 Å². The molecule has 1 aromatic heterocycles. The van der Waals surface area contributed by atoms with Crippen molar-refractivity contribution in [2.45, 2.75) is 45.1 Å². The first kappa shape index (κ1) is 10.1. The standard InChI is InChI=1S/C10H15N3O2/c1-7-3-2-4-9-11-8(12-13(7)9)5-6-10(14)15/h7H,2-6H2,1H3,(H,14,15). The molecule has 2 heterocycles. The van der Waals surface area contributed by atoms with Crippen molar-refractivity contribution in [3.05, 3.63) is 11.6 Å². The highest BCUT2D eigenvalue weighted by atomic mass is 16.4. The van der Waals surface area contributed by atoms with Gasteiger partial charge in [-0.2, -0.15) is 5.10 Å². The summed E-state index contributed by atoms with van der Waals surface area (Å²) in [6.07, 6.45) is 3.79. The first-order valence-corrected chi connectivity index (χ1v) is 5.33. The Morgan fingerprint density at radius 3 is 3.13 bits per heavy atom. The zero-order valence-electron chi connectivity index (χ0n) is 8.81. The molecule has 1 unspecified atom stereocenters. The normalized spacial score (nSPS) is 19.9. The lowest BCUT2D eigenvalue weighted by Crippen LogP contribution is -2.16. The molecule has 1 N–H and O–H groups in total. The largest absolute Gasteiger partial charge is 0.481 e. The predicted molar refractivity (Wildman–Crippen MR) is 53.6 cm³/mol. The van der Waals surface area contributed by atoms with Gasteiger partial charge < -0.3 is 5.11 Å². The number of hydrogen-bond donors (Lipinski definition) is 1. The van der Waals surface area contributed by atoms with Crippen LogP contribution in [0.1, 0.15) is 43.9 Å². The molecule has 5 nitrogen and oxygen atoms in total. The van der Waals surface area contributed by atoms with Gasteiger partial charge in [-0.25, -0.2) is 9.67 Å². The van der Waals surface area contributed by atoms with Gasteiger partial charge in [0.05, 0.1) is 12.5 Å². The highest BCUT2D eigenvalue weighted by Crippen LogP contribution is 2.22. The minimum Gasteiger partial charge on any atom is -0.481 e. The molecule has 0 fully saturated rings. The summed E-state index contributed by atoms with van der Waals surface area (Å²) in [5.41, 5.74) is 0. The molecule has 0 aliphatic carbocycles. The summed E-state index contributed by atoms with van der Waals surface area (Å²) in [5.74, 6) is 0.881. The van der Waals surface area contributed by atoms with Crippen LogP contribution in [0.15, 0.2) is 0 Å². The van der Waals surface area contributed by atoms with E-state index in [0.29, 0.717) is 18.3 Å². The minimum absolute atomic E-state index is 0.109. The Hall–Kier alpha value is -1.39. The molecule has 0 saturated carbocycles. The van der Waals surface area contributed by atoms with Gasteiger partial charge in [0, 0.05) is 12.8 Å². The maximum Gasteiger partial charge on any atom is 0.303 e. The molecule has 15 heavy (non-hydrogen) atoms. The lowest BCUT2D eigenvalue weighted by Gasteiger charge is -2.18. The number of nitrogens with zero attached hydrogens (tertiary/aromatic N) is 3. The number of carboxylic acids is 1. The molecule has 0 radical (unpaired) electrons. The van der Waals surface area contributed by atoms with Crippen LogP contribution < -0.4 is 0 Å².